The molecule has 3 rings (SSSR count). The van der Waals surface area contributed by atoms with Crippen molar-refractivity contribution < 1.29 is 18.8 Å². The Morgan fingerprint density at radius 1 is 1.00 bits per heavy atom. The largest absolute Gasteiger partial charge is 0.444 e. The van der Waals surface area contributed by atoms with Crippen LogP contribution >= 0.6 is 27.5 Å². The number of halogens is 2. The van der Waals surface area contributed by atoms with Crippen LogP contribution in [0.15, 0.2) is 63.7 Å². The number of nitrogens with one attached hydrogen (secondary N) is 3. The molecule has 0 bridgehead atoms. The van der Waals surface area contributed by atoms with Gasteiger partial charge in [0.1, 0.15) is 0 Å². The summed E-state index contributed by atoms with van der Waals surface area (Å²) in [6.07, 6.45) is 0. The third-order valence-electron chi connectivity index (χ3n) is 3.99. The van der Waals surface area contributed by atoms with Gasteiger partial charge in [0.25, 0.3) is 11.8 Å². The Hall–Kier alpha value is -3.10. The fourth-order valence-corrected chi connectivity index (χ4v) is 3.13. The van der Waals surface area contributed by atoms with Gasteiger partial charge in [0.2, 0.25) is 5.91 Å². The summed E-state index contributed by atoms with van der Waals surface area (Å²) in [5.74, 6) is -1.20. The van der Waals surface area contributed by atoms with Crippen LogP contribution in [0.1, 0.15) is 26.5 Å². The fraction of sp³-hybridized carbons (Fsp3) is 0.0952. The van der Waals surface area contributed by atoms with Gasteiger partial charge in [-0.3, -0.25) is 14.4 Å². The van der Waals surface area contributed by atoms with E-state index < -0.39 is 17.7 Å². The smallest absolute Gasteiger partial charge is 0.291 e. The summed E-state index contributed by atoms with van der Waals surface area (Å²) in [6.45, 7) is 1.65. The second-order valence-electron chi connectivity index (χ2n) is 6.35. The molecular formula is C21H17BrClN3O4. The van der Waals surface area contributed by atoms with Crippen LogP contribution in [0, 0.1) is 6.92 Å². The highest BCUT2D eigenvalue weighted by Gasteiger charge is 2.13. The SMILES string of the molecule is Cc1ccc(NC(=O)CNC(=O)c2cccc(NC(=O)c3ccc(Br)o3)c2)c(Cl)c1. The monoisotopic (exact) mass is 489 g/mol. The minimum Gasteiger partial charge on any atom is -0.444 e. The van der Waals surface area contributed by atoms with Gasteiger partial charge in [-0.15, -0.1) is 0 Å². The summed E-state index contributed by atoms with van der Waals surface area (Å²) in [6, 6.07) is 14.7. The van der Waals surface area contributed by atoms with Crippen molar-refractivity contribution in [3.63, 3.8) is 0 Å². The van der Waals surface area contributed by atoms with Crippen LogP contribution in [-0.2, 0) is 4.79 Å². The average Bonchev–Trinajstić information content (AvgIpc) is 3.15. The summed E-state index contributed by atoms with van der Waals surface area (Å²) in [7, 11) is 0. The summed E-state index contributed by atoms with van der Waals surface area (Å²) in [5, 5.41) is 8.24. The van der Waals surface area contributed by atoms with Gasteiger partial charge in [0.15, 0.2) is 10.4 Å². The number of hydrogen-bond acceptors (Lipinski definition) is 4. The molecule has 0 radical (unpaired) electrons. The van der Waals surface area contributed by atoms with Gasteiger partial charge < -0.3 is 20.4 Å². The predicted octanol–water partition coefficient (Wildman–Crippen LogP) is 4.62. The van der Waals surface area contributed by atoms with E-state index in [4.69, 9.17) is 16.0 Å². The zero-order valence-electron chi connectivity index (χ0n) is 15.8. The van der Waals surface area contributed by atoms with E-state index in [9.17, 15) is 14.4 Å². The van der Waals surface area contributed by atoms with Gasteiger partial charge in [0.05, 0.1) is 17.3 Å². The molecule has 0 fully saturated rings. The lowest BCUT2D eigenvalue weighted by Gasteiger charge is -2.10. The van der Waals surface area contributed by atoms with Crippen molar-refractivity contribution in [1.82, 2.24) is 5.32 Å². The molecule has 0 saturated carbocycles. The summed E-state index contributed by atoms with van der Waals surface area (Å²) >= 11 is 9.22. The molecule has 3 amide bonds. The molecule has 0 aliphatic rings. The maximum atomic E-state index is 12.4. The van der Waals surface area contributed by atoms with Gasteiger partial charge in [-0.1, -0.05) is 23.7 Å². The first kappa shape index (κ1) is 21.6. The minimum absolute atomic E-state index is 0.128. The molecular weight excluding hydrogens is 474 g/mol. The molecule has 0 aliphatic carbocycles. The second-order valence-corrected chi connectivity index (χ2v) is 7.54. The molecule has 3 N–H and O–H groups in total. The Morgan fingerprint density at radius 3 is 2.50 bits per heavy atom. The van der Waals surface area contributed by atoms with Crippen molar-refractivity contribution in [1.29, 1.82) is 0 Å². The van der Waals surface area contributed by atoms with Crippen LogP contribution < -0.4 is 16.0 Å². The van der Waals surface area contributed by atoms with Crippen molar-refractivity contribution >= 4 is 56.6 Å². The summed E-state index contributed by atoms with van der Waals surface area (Å²) < 4.78 is 5.63. The van der Waals surface area contributed by atoms with Crippen molar-refractivity contribution in [3.8, 4) is 0 Å². The highest BCUT2D eigenvalue weighted by atomic mass is 79.9. The molecule has 154 valence electrons. The first-order chi connectivity index (χ1) is 14.3. The van der Waals surface area contributed by atoms with Gasteiger partial charge in [-0.25, -0.2) is 0 Å². The Balaban J connectivity index is 1.57. The van der Waals surface area contributed by atoms with Crippen molar-refractivity contribution in [2.75, 3.05) is 17.2 Å². The van der Waals surface area contributed by atoms with Gasteiger partial charge in [0, 0.05) is 11.3 Å². The zero-order valence-corrected chi connectivity index (χ0v) is 18.1. The van der Waals surface area contributed by atoms with E-state index in [2.05, 4.69) is 31.9 Å². The first-order valence-electron chi connectivity index (χ1n) is 8.83. The standard InChI is InChI=1S/C21H17BrClN3O4/c1-12-5-6-16(15(23)9-12)26-19(27)11-24-20(28)13-3-2-4-14(10-13)25-21(29)17-7-8-18(22)30-17/h2-10H,11H2,1H3,(H,24,28)(H,25,29)(H,26,27). The van der Waals surface area contributed by atoms with E-state index in [1.807, 2.05) is 13.0 Å². The van der Waals surface area contributed by atoms with Gasteiger partial charge in [-0.05, 0) is 70.9 Å². The summed E-state index contributed by atoms with van der Waals surface area (Å²) in [4.78, 5) is 36.6. The van der Waals surface area contributed by atoms with Crippen LogP contribution in [0.5, 0.6) is 0 Å². The number of carbonyl (C=O) groups is 3. The van der Waals surface area contributed by atoms with E-state index in [1.54, 1.807) is 36.4 Å². The molecule has 1 aromatic heterocycles. The van der Waals surface area contributed by atoms with E-state index in [-0.39, 0.29) is 17.9 Å². The van der Waals surface area contributed by atoms with Crippen LogP contribution in [-0.4, -0.2) is 24.3 Å². The normalized spacial score (nSPS) is 10.4. The Kier molecular flexibility index (Phi) is 6.91. The average molecular weight is 491 g/mol. The van der Waals surface area contributed by atoms with E-state index >= 15 is 0 Å². The maximum Gasteiger partial charge on any atom is 0.291 e. The topological polar surface area (TPSA) is 100 Å². The van der Waals surface area contributed by atoms with Crippen molar-refractivity contribution in [2.45, 2.75) is 6.92 Å². The van der Waals surface area contributed by atoms with E-state index in [1.165, 1.54) is 12.1 Å². The lowest BCUT2D eigenvalue weighted by Crippen LogP contribution is -2.33. The number of hydrogen-bond donors (Lipinski definition) is 3. The molecule has 0 spiro atoms. The molecule has 2 aromatic carbocycles. The maximum absolute atomic E-state index is 12.4. The highest BCUT2D eigenvalue weighted by Crippen LogP contribution is 2.22. The number of benzene rings is 2. The lowest BCUT2D eigenvalue weighted by molar-refractivity contribution is -0.115. The van der Waals surface area contributed by atoms with Gasteiger partial charge >= 0.3 is 0 Å². The molecule has 9 heteroatoms. The van der Waals surface area contributed by atoms with Gasteiger partial charge in [-0.2, -0.15) is 0 Å². The molecule has 0 aliphatic heterocycles. The molecule has 0 unspecified atom stereocenters. The molecule has 3 aromatic rings. The molecule has 30 heavy (non-hydrogen) atoms. The van der Waals surface area contributed by atoms with Crippen LogP contribution in [0.25, 0.3) is 0 Å². The third-order valence-corrected chi connectivity index (χ3v) is 4.73. The quantitative estimate of drug-likeness (QED) is 0.469. The molecule has 0 saturated heterocycles. The first-order valence-corrected chi connectivity index (χ1v) is 10.00. The Labute approximate surface area is 185 Å². The minimum atomic E-state index is -0.461. The lowest BCUT2D eigenvalue weighted by atomic mass is 10.2. The number of anilines is 2. The van der Waals surface area contributed by atoms with Crippen molar-refractivity contribution in [3.05, 3.63) is 81.2 Å². The Morgan fingerprint density at radius 2 is 1.80 bits per heavy atom. The molecule has 7 nitrogen and oxygen atoms in total. The van der Waals surface area contributed by atoms with Crippen LogP contribution in [0.2, 0.25) is 5.02 Å². The molecule has 1 heterocycles. The highest BCUT2D eigenvalue weighted by molar-refractivity contribution is 9.10. The fourth-order valence-electron chi connectivity index (χ4n) is 2.55. The number of furan rings is 1. The zero-order chi connectivity index (χ0) is 21.7. The van der Waals surface area contributed by atoms with Crippen LogP contribution in [0.4, 0.5) is 11.4 Å². The third kappa shape index (κ3) is 5.71. The number of aryl methyl sites for hydroxylation is 1. The van der Waals surface area contributed by atoms with Crippen molar-refractivity contribution in [2.24, 2.45) is 0 Å². The predicted molar refractivity (Wildman–Crippen MR) is 118 cm³/mol. The second kappa shape index (κ2) is 9.60. The number of rotatable bonds is 6. The van der Waals surface area contributed by atoms with Crippen LogP contribution in [0.3, 0.4) is 0 Å². The summed E-state index contributed by atoms with van der Waals surface area (Å²) in [5.41, 5.74) is 2.14. The number of amides is 3. The van der Waals surface area contributed by atoms with E-state index in [0.717, 1.165) is 5.56 Å². The number of carbonyl (C=O) groups excluding carboxylic acids is 3. The van der Waals surface area contributed by atoms with E-state index in [0.29, 0.717) is 21.1 Å². The Bertz CT molecular complexity index is 1110. The molecule has 0 atom stereocenters.